The van der Waals surface area contributed by atoms with Crippen LogP contribution in [-0.2, 0) is 9.31 Å². The highest BCUT2D eigenvalue weighted by atomic mass is 16.7. The van der Waals surface area contributed by atoms with Gasteiger partial charge in [0.1, 0.15) is 0 Å². The Labute approximate surface area is 147 Å². The van der Waals surface area contributed by atoms with Gasteiger partial charge in [0.05, 0.1) is 11.2 Å². The van der Waals surface area contributed by atoms with Crippen LogP contribution in [0, 0.1) is 5.92 Å². The van der Waals surface area contributed by atoms with Crippen LogP contribution >= 0.6 is 0 Å². The van der Waals surface area contributed by atoms with Crippen LogP contribution in [0.25, 0.3) is 0 Å². The van der Waals surface area contributed by atoms with Crippen molar-refractivity contribution in [2.75, 3.05) is 13.7 Å². The first-order valence-corrected chi connectivity index (χ1v) is 8.67. The predicted molar refractivity (Wildman–Crippen MR) is 99.6 cm³/mol. The molecule has 0 bridgehead atoms. The molecule has 0 aliphatic carbocycles. The number of benzene rings is 1. The molecule has 2 rings (SSSR count). The van der Waals surface area contributed by atoms with E-state index < -0.39 is 0 Å². The summed E-state index contributed by atoms with van der Waals surface area (Å²) < 4.78 is 12.1. The molecule has 1 fully saturated rings. The van der Waals surface area contributed by atoms with Crippen molar-refractivity contribution in [3.05, 3.63) is 29.8 Å². The van der Waals surface area contributed by atoms with Crippen LogP contribution in [-0.4, -0.2) is 42.3 Å². The molecule has 1 aromatic carbocycles. The molecule has 2 N–H and O–H groups in total. The van der Waals surface area contributed by atoms with E-state index in [1.165, 1.54) is 5.56 Å². The van der Waals surface area contributed by atoms with Gasteiger partial charge in [-0.2, -0.15) is 0 Å². The van der Waals surface area contributed by atoms with E-state index in [-0.39, 0.29) is 30.8 Å². The third-order valence-electron chi connectivity index (χ3n) is 4.91. The lowest BCUT2D eigenvalue weighted by Crippen LogP contribution is -2.41. The monoisotopic (exact) mass is 336 g/mol. The molecule has 0 aromatic heterocycles. The second kappa shape index (κ2) is 8.48. The summed E-state index contributed by atoms with van der Waals surface area (Å²) in [5, 5.41) is 16.6. The molecule has 5 heteroatoms. The zero-order valence-electron chi connectivity index (χ0n) is 16.2. The molecule has 1 aliphatic rings. The van der Waals surface area contributed by atoms with Crippen molar-refractivity contribution in [2.24, 2.45) is 5.92 Å². The lowest BCUT2D eigenvalue weighted by atomic mass is 9.78. The molecule has 1 atom stereocenters. The molecule has 1 aromatic rings. The third kappa shape index (κ3) is 4.82. The number of hydrogen-bond donors (Lipinski definition) is 2. The second-order valence-electron chi connectivity index (χ2n) is 7.76. The van der Waals surface area contributed by atoms with Gasteiger partial charge in [-0.3, -0.25) is 0 Å². The SMILES string of the molecule is CC(C)CC(CO)c1ccc(B2OC(C)(C)C(C)(C)O2)cc1.CO. The maximum absolute atomic E-state index is 9.60. The molecule has 1 unspecified atom stereocenters. The third-order valence-corrected chi connectivity index (χ3v) is 4.91. The molecule has 0 spiro atoms. The fourth-order valence-corrected chi connectivity index (χ4v) is 2.79. The lowest BCUT2D eigenvalue weighted by molar-refractivity contribution is 0.00578. The fraction of sp³-hybridized carbons (Fsp3) is 0.684. The first-order chi connectivity index (χ1) is 11.2. The summed E-state index contributed by atoms with van der Waals surface area (Å²) in [7, 11) is 0.678. The maximum atomic E-state index is 9.60. The number of aliphatic hydroxyl groups excluding tert-OH is 2. The van der Waals surface area contributed by atoms with Crippen LogP contribution in [0.3, 0.4) is 0 Å². The van der Waals surface area contributed by atoms with Crippen molar-refractivity contribution in [2.45, 2.75) is 65.1 Å². The summed E-state index contributed by atoms with van der Waals surface area (Å²) in [6.45, 7) is 12.8. The Kier molecular flexibility index (Phi) is 7.48. The normalized spacial score (nSPS) is 19.8. The van der Waals surface area contributed by atoms with Crippen LogP contribution in [0.15, 0.2) is 24.3 Å². The van der Waals surface area contributed by atoms with Gasteiger partial charge in [-0.05, 0) is 51.1 Å². The van der Waals surface area contributed by atoms with Crippen molar-refractivity contribution < 1.29 is 19.5 Å². The van der Waals surface area contributed by atoms with Crippen LogP contribution in [0.1, 0.15) is 59.4 Å². The Morgan fingerprint density at radius 1 is 0.958 bits per heavy atom. The van der Waals surface area contributed by atoms with Crippen LogP contribution < -0.4 is 5.46 Å². The van der Waals surface area contributed by atoms with E-state index in [2.05, 4.69) is 65.8 Å². The van der Waals surface area contributed by atoms with Crippen molar-refractivity contribution in [1.29, 1.82) is 0 Å². The van der Waals surface area contributed by atoms with Gasteiger partial charge in [-0.15, -0.1) is 0 Å². The lowest BCUT2D eigenvalue weighted by Gasteiger charge is -2.32. The van der Waals surface area contributed by atoms with E-state index in [4.69, 9.17) is 14.4 Å². The Bertz CT molecular complexity index is 481. The molecular formula is C19H33BO4. The minimum absolute atomic E-state index is 0.189. The van der Waals surface area contributed by atoms with Gasteiger partial charge in [0.2, 0.25) is 0 Å². The first kappa shape index (κ1) is 21.2. The minimum atomic E-state index is -0.322. The van der Waals surface area contributed by atoms with Gasteiger partial charge in [0, 0.05) is 19.6 Å². The molecule has 136 valence electrons. The summed E-state index contributed by atoms with van der Waals surface area (Å²) >= 11 is 0. The Balaban J connectivity index is 0.00000139. The quantitative estimate of drug-likeness (QED) is 0.812. The summed E-state index contributed by atoms with van der Waals surface area (Å²) in [5.74, 6) is 0.771. The van der Waals surface area contributed by atoms with Gasteiger partial charge in [0.15, 0.2) is 0 Å². The van der Waals surface area contributed by atoms with Gasteiger partial charge in [-0.1, -0.05) is 38.1 Å². The zero-order valence-corrected chi connectivity index (χ0v) is 16.2. The first-order valence-electron chi connectivity index (χ1n) is 8.67. The predicted octanol–water partition coefficient (Wildman–Crippen LogP) is 2.72. The fourth-order valence-electron chi connectivity index (χ4n) is 2.79. The summed E-state index contributed by atoms with van der Waals surface area (Å²) in [6.07, 6.45) is 0.992. The summed E-state index contributed by atoms with van der Waals surface area (Å²) in [6, 6.07) is 8.29. The van der Waals surface area contributed by atoms with Gasteiger partial charge < -0.3 is 19.5 Å². The van der Waals surface area contributed by atoms with Gasteiger partial charge in [0.25, 0.3) is 0 Å². The highest BCUT2D eigenvalue weighted by Crippen LogP contribution is 2.36. The summed E-state index contributed by atoms with van der Waals surface area (Å²) in [5.41, 5.74) is 1.57. The molecule has 4 nitrogen and oxygen atoms in total. The maximum Gasteiger partial charge on any atom is 0.494 e. The number of rotatable bonds is 5. The molecule has 0 amide bonds. The van der Waals surface area contributed by atoms with E-state index in [1.54, 1.807) is 0 Å². The molecule has 24 heavy (non-hydrogen) atoms. The topological polar surface area (TPSA) is 58.9 Å². The van der Waals surface area contributed by atoms with Gasteiger partial charge >= 0.3 is 7.12 Å². The molecular weight excluding hydrogens is 303 g/mol. The average molecular weight is 336 g/mol. The minimum Gasteiger partial charge on any atom is -0.400 e. The standard InChI is InChI=1S/C18H29BO3.CH4O/c1-13(2)11-15(12-20)14-7-9-16(10-8-14)19-21-17(3,4)18(5,6)22-19;1-2/h7-10,13,15,20H,11-12H2,1-6H3;2H,1H3. The van der Waals surface area contributed by atoms with Crippen molar-refractivity contribution in [3.8, 4) is 0 Å². The highest BCUT2D eigenvalue weighted by Gasteiger charge is 2.51. The Morgan fingerprint density at radius 3 is 1.79 bits per heavy atom. The van der Waals surface area contributed by atoms with E-state index in [0.717, 1.165) is 19.0 Å². The smallest absolute Gasteiger partial charge is 0.400 e. The van der Waals surface area contributed by atoms with E-state index in [1.807, 2.05) is 0 Å². The highest BCUT2D eigenvalue weighted by molar-refractivity contribution is 6.62. The number of hydrogen-bond acceptors (Lipinski definition) is 4. The van der Waals surface area contributed by atoms with E-state index in [9.17, 15) is 5.11 Å². The van der Waals surface area contributed by atoms with Crippen molar-refractivity contribution in [1.82, 2.24) is 0 Å². The molecule has 1 heterocycles. The Morgan fingerprint density at radius 2 is 1.42 bits per heavy atom. The van der Waals surface area contributed by atoms with E-state index >= 15 is 0 Å². The number of aliphatic hydroxyl groups is 2. The molecule has 1 saturated heterocycles. The van der Waals surface area contributed by atoms with Crippen molar-refractivity contribution >= 4 is 12.6 Å². The largest absolute Gasteiger partial charge is 0.494 e. The van der Waals surface area contributed by atoms with Crippen LogP contribution in [0.5, 0.6) is 0 Å². The molecule has 0 radical (unpaired) electrons. The van der Waals surface area contributed by atoms with E-state index in [0.29, 0.717) is 5.92 Å². The van der Waals surface area contributed by atoms with Crippen LogP contribution in [0.4, 0.5) is 0 Å². The molecule has 1 aliphatic heterocycles. The van der Waals surface area contributed by atoms with Crippen molar-refractivity contribution in [3.63, 3.8) is 0 Å². The Hall–Kier alpha value is -0.875. The summed E-state index contributed by atoms with van der Waals surface area (Å²) in [4.78, 5) is 0. The van der Waals surface area contributed by atoms with Gasteiger partial charge in [-0.25, -0.2) is 0 Å². The molecule has 0 saturated carbocycles. The zero-order chi connectivity index (χ0) is 18.5. The second-order valence-corrected chi connectivity index (χ2v) is 7.76. The van der Waals surface area contributed by atoms with Crippen LogP contribution in [0.2, 0.25) is 0 Å². The average Bonchev–Trinajstić information content (AvgIpc) is 2.75.